The Labute approximate surface area is 164 Å². The number of hydrogen-bond acceptors (Lipinski definition) is 7. The van der Waals surface area contributed by atoms with Gasteiger partial charge in [-0.1, -0.05) is 24.3 Å². The largest absolute Gasteiger partial charge is 0.368 e. The molecule has 1 aliphatic heterocycles. The van der Waals surface area contributed by atoms with Crippen molar-refractivity contribution in [2.24, 2.45) is 0 Å². The molecule has 28 heavy (non-hydrogen) atoms. The van der Waals surface area contributed by atoms with E-state index >= 15 is 0 Å². The van der Waals surface area contributed by atoms with Crippen molar-refractivity contribution >= 4 is 23.1 Å². The summed E-state index contributed by atoms with van der Waals surface area (Å²) in [5, 5.41) is 20.5. The van der Waals surface area contributed by atoms with Crippen LogP contribution in [0, 0.1) is 18.3 Å². The molecule has 3 aromatic rings. The molecule has 1 saturated heterocycles. The van der Waals surface area contributed by atoms with Crippen LogP contribution in [0.4, 0.5) is 23.1 Å². The summed E-state index contributed by atoms with van der Waals surface area (Å²) in [6, 6.07) is 18.0. The number of anilines is 4. The smallest absolute Gasteiger partial charge is 0.249 e. The number of nitriles is 1. The van der Waals surface area contributed by atoms with Gasteiger partial charge in [0.25, 0.3) is 0 Å². The zero-order valence-corrected chi connectivity index (χ0v) is 15.7. The number of nitrogens with zero attached hydrogens (tertiary/aromatic N) is 6. The van der Waals surface area contributed by atoms with Crippen molar-refractivity contribution in [1.29, 1.82) is 5.26 Å². The maximum absolute atomic E-state index is 9.23. The Kier molecular flexibility index (Phi) is 5.02. The predicted octanol–water partition coefficient (Wildman–Crippen LogP) is 3.12. The standard InChI is InChI=1S/C21H21N7/c1-16-5-4-7-18(13-16)27-9-11-28(12-10-27)20-15-23-26-21(25-20)24-19-8-3-2-6-17(19)14-22/h2-8,13,15H,9-12H2,1H3,(H,24,25,26). The maximum atomic E-state index is 9.23. The van der Waals surface area contributed by atoms with E-state index in [4.69, 9.17) is 0 Å². The fourth-order valence-electron chi connectivity index (χ4n) is 3.33. The first-order chi connectivity index (χ1) is 13.7. The minimum atomic E-state index is 0.390. The highest BCUT2D eigenvalue weighted by molar-refractivity contribution is 5.63. The Hall–Kier alpha value is -3.66. The Morgan fingerprint density at radius 3 is 2.57 bits per heavy atom. The average Bonchev–Trinajstić information content (AvgIpc) is 2.74. The number of hydrogen-bond donors (Lipinski definition) is 1. The van der Waals surface area contributed by atoms with Gasteiger partial charge in [0.1, 0.15) is 6.07 Å². The molecule has 0 radical (unpaired) electrons. The summed E-state index contributed by atoms with van der Waals surface area (Å²) in [7, 11) is 0. The molecular weight excluding hydrogens is 350 g/mol. The first kappa shape index (κ1) is 17.7. The SMILES string of the molecule is Cc1cccc(N2CCN(c3cnnc(Nc4ccccc4C#N)n3)CC2)c1. The third-order valence-corrected chi connectivity index (χ3v) is 4.81. The highest BCUT2D eigenvalue weighted by Gasteiger charge is 2.19. The minimum Gasteiger partial charge on any atom is -0.368 e. The summed E-state index contributed by atoms with van der Waals surface area (Å²) >= 11 is 0. The monoisotopic (exact) mass is 371 g/mol. The van der Waals surface area contributed by atoms with E-state index in [1.54, 1.807) is 12.3 Å². The number of rotatable bonds is 4. The second-order valence-electron chi connectivity index (χ2n) is 6.73. The Balaban J connectivity index is 1.45. The van der Waals surface area contributed by atoms with Gasteiger partial charge in [-0.25, -0.2) is 0 Å². The lowest BCUT2D eigenvalue weighted by atomic mass is 10.2. The van der Waals surface area contributed by atoms with Gasteiger partial charge >= 0.3 is 0 Å². The van der Waals surface area contributed by atoms with E-state index in [2.05, 4.69) is 67.6 Å². The molecule has 4 rings (SSSR count). The molecule has 1 fully saturated rings. The van der Waals surface area contributed by atoms with E-state index in [0.29, 0.717) is 17.2 Å². The van der Waals surface area contributed by atoms with Crippen molar-refractivity contribution in [3.63, 3.8) is 0 Å². The summed E-state index contributed by atoms with van der Waals surface area (Å²) in [5.74, 6) is 1.18. The van der Waals surface area contributed by atoms with Crippen LogP contribution >= 0.6 is 0 Å². The first-order valence-electron chi connectivity index (χ1n) is 9.25. The second kappa shape index (κ2) is 7.92. The highest BCUT2D eigenvalue weighted by Crippen LogP contribution is 2.22. The van der Waals surface area contributed by atoms with Crippen LogP contribution in [0.2, 0.25) is 0 Å². The van der Waals surface area contributed by atoms with Crippen molar-refractivity contribution in [3.05, 3.63) is 65.9 Å². The molecule has 2 heterocycles. The predicted molar refractivity (Wildman–Crippen MR) is 110 cm³/mol. The summed E-state index contributed by atoms with van der Waals surface area (Å²) in [6.45, 7) is 5.69. The lowest BCUT2D eigenvalue weighted by Crippen LogP contribution is -2.47. The number of nitrogens with one attached hydrogen (secondary N) is 1. The van der Waals surface area contributed by atoms with Gasteiger partial charge in [-0.3, -0.25) is 0 Å². The Bertz CT molecular complexity index is 1000. The van der Waals surface area contributed by atoms with Gasteiger partial charge in [-0.2, -0.15) is 15.3 Å². The maximum Gasteiger partial charge on any atom is 0.249 e. The second-order valence-corrected chi connectivity index (χ2v) is 6.73. The fourth-order valence-corrected chi connectivity index (χ4v) is 3.33. The normalized spacial score (nSPS) is 13.9. The summed E-state index contributed by atoms with van der Waals surface area (Å²) in [4.78, 5) is 9.19. The number of piperazine rings is 1. The molecule has 7 nitrogen and oxygen atoms in total. The Morgan fingerprint density at radius 1 is 1.00 bits per heavy atom. The molecule has 1 aliphatic rings. The van der Waals surface area contributed by atoms with Crippen molar-refractivity contribution in [2.45, 2.75) is 6.92 Å². The zero-order valence-electron chi connectivity index (χ0n) is 15.7. The molecule has 0 amide bonds. The van der Waals surface area contributed by atoms with Gasteiger partial charge in [0, 0.05) is 31.9 Å². The molecule has 140 valence electrons. The molecule has 0 atom stereocenters. The van der Waals surface area contributed by atoms with Gasteiger partial charge in [-0.05, 0) is 36.8 Å². The third kappa shape index (κ3) is 3.86. The molecule has 0 unspecified atom stereocenters. The quantitative estimate of drug-likeness (QED) is 0.754. The summed E-state index contributed by atoms with van der Waals surface area (Å²) < 4.78 is 0. The van der Waals surface area contributed by atoms with Crippen LogP contribution in [0.5, 0.6) is 0 Å². The third-order valence-electron chi connectivity index (χ3n) is 4.81. The van der Waals surface area contributed by atoms with E-state index < -0.39 is 0 Å². The van der Waals surface area contributed by atoms with Crippen LogP contribution < -0.4 is 15.1 Å². The molecule has 0 aliphatic carbocycles. The topological polar surface area (TPSA) is 81.0 Å². The fraction of sp³-hybridized carbons (Fsp3) is 0.238. The van der Waals surface area contributed by atoms with Gasteiger partial charge in [-0.15, -0.1) is 5.10 Å². The van der Waals surface area contributed by atoms with Crippen LogP contribution in [-0.2, 0) is 0 Å². The van der Waals surface area contributed by atoms with Crippen molar-refractivity contribution in [2.75, 3.05) is 41.3 Å². The van der Waals surface area contributed by atoms with E-state index in [-0.39, 0.29) is 0 Å². The number of aryl methyl sites for hydroxylation is 1. The molecule has 7 heteroatoms. The first-order valence-corrected chi connectivity index (χ1v) is 9.25. The van der Waals surface area contributed by atoms with Crippen LogP contribution in [0.15, 0.2) is 54.7 Å². The van der Waals surface area contributed by atoms with Gasteiger partial charge in [0.05, 0.1) is 17.4 Å². The zero-order chi connectivity index (χ0) is 19.3. The molecule has 1 aromatic heterocycles. The number of aromatic nitrogens is 3. The van der Waals surface area contributed by atoms with Gasteiger partial charge < -0.3 is 15.1 Å². The van der Waals surface area contributed by atoms with E-state index in [0.717, 1.165) is 32.0 Å². The molecule has 2 aromatic carbocycles. The van der Waals surface area contributed by atoms with Crippen LogP contribution in [0.25, 0.3) is 0 Å². The lowest BCUT2D eigenvalue weighted by Gasteiger charge is -2.36. The average molecular weight is 371 g/mol. The molecular formula is C21H21N7. The molecule has 0 saturated carbocycles. The van der Waals surface area contributed by atoms with Crippen molar-refractivity contribution < 1.29 is 0 Å². The van der Waals surface area contributed by atoms with E-state index in [1.807, 2.05) is 18.2 Å². The summed E-state index contributed by atoms with van der Waals surface area (Å²) in [5.41, 5.74) is 3.75. The highest BCUT2D eigenvalue weighted by atomic mass is 15.3. The molecule has 0 spiro atoms. The minimum absolute atomic E-state index is 0.390. The van der Waals surface area contributed by atoms with Gasteiger partial charge in [0.2, 0.25) is 5.95 Å². The number of para-hydroxylation sites is 1. The van der Waals surface area contributed by atoms with Gasteiger partial charge in [0.15, 0.2) is 5.82 Å². The van der Waals surface area contributed by atoms with Crippen molar-refractivity contribution in [3.8, 4) is 6.07 Å². The molecule has 0 bridgehead atoms. The molecule has 1 N–H and O–H groups in total. The van der Waals surface area contributed by atoms with Crippen molar-refractivity contribution in [1.82, 2.24) is 15.2 Å². The Morgan fingerprint density at radius 2 is 1.79 bits per heavy atom. The lowest BCUT2D eigenvalue weighted by molar-refractivity contribution is 0.644. The van der Waals surface area contributed by atoms with Crippen LogP contribution in [-0.4, -0.2) is 41.4 Å². The van der Waals surface area contributed by atoms with E-state index in [9.17, 15) is 5.26 Å². The van der Waals surface area contributed by atoms with Crippen LogP contribution in [0.1, 0.15) is 11.1 Å². The number of benzene rings is 2. The van der Waals surface area contributed by atoms with E-state index in [1.165, 1.54) is 11.3 Å². The summed E-state index contributed by atoms with van der Waals surface area (Å²) in [6.07, 6.45) is 1.68. The van der Waals surface area contributed by atoms with Crippen LogP contribution in [0.3, 0.4) is 0 Å².